The average molecular weight is 316 g/mol. The van der Waals surface area contributed by atoms with Gasteiger partial charge in [-0.2, -0.15) is 10.4 Å². The summed E-state index contributed by atoms with van der Waals surface area (Å²) >= 11 is 0. The molecule has 0 unspecified atom stereocenters. The van der Waals surface area contributed by atoms with Crippen molar-refractivity contribution in [3.63, 3.8) is 0 Å². The largest absolute Gasteiger partial charge is 0.525 e. The molecule has 23 heavy (non-hydrogen) atoms. The lowest BCUT2D eigenvalue weighted by Gasteiger charge is -2.32. The van der Waals surface area contributed by atoms with Gasteiger partial charge in [-0.25, -0.2) is 8.91 Å². The molecule has 0 N–H and O–H groups in total. The van der Waals surface area contributed by atoms with E-state index in [1.54, 1.807) is 27.5 Å². The summed E-state index contributed by atoms with van der Waals surface area (Å²) in [7, 11) is -1.04. The third-order valence-electron chi connectivity index (χ3n) is 4.42. The van der Waals surface area contributed by atoms with Crippen LogP contribution in [0.5, 0.6) is 0 Å². The molecule has 1 saturated heterocycles. The standard InChI is InChI=1S/C15H18BFN4O2/c1-14(2)15(3,4)23-16(22-14)12(17)9-11-10-13-20(6-5-18)7-8-21(13)19-11/h7-10H,6H2,1-4H3. The lowest BCUT2D eigenvalue weighted by Crippen LogP contribution is -2.41. The van der Waals surface area contributed by atoms with Crippen LogP contribution in [0.4, 0.5) is 4.39 Å². The van der Waals surface area contributed by atoms with Crippen molar-refractivity contribution in [2.45, 2.75) is 45.4 Å². The second kappa shape index (κ2) is 5.22. The molecule has 0 atom stereocenters. The molecule has 0 spiro atoms. The molecule has 2 aromatic heterocycles. The van der Waals surface area contributed by atoms with Crippen molar-refractivity contribution in [3.05, 3.63) is 29.9 Å². The van der Waals surface area contributed by atoms with Crippen molar-refractivity contribution in [2.24, 2.45) is 0 Å². The molecule has 120 valence electrons. The highest BCUT2D eigenvalue weighted by atomic mass is 19.1. The Labute approximate surface area is 134 Å². The number of fused-ring (bicyclic) bond motifs is 1. The van der Waals surface area contributed by atoms with Crippen molar-refractivity contribution in [2.75, 3.05) is 0 Å². The first-order chi connectivity index (χ1) is 10.7. The predicted octanol–water partition coefficient (Wildman–Crippen LogP) is 2.60. The lowest BCUT2D eigenvalue weighted by atomic mass is 9.87. The van der Waals surface area contributed by atoms with Gasteiger partial charge in [-0.3, -0.25) is 0 Å². The van der Waals surface area contributed by atoms with Gasteiger partial charge in [0.05, 0.1) is 23.0 Å². The van der Waals surface area contributed by atoms with Gasteiger partial charge in [-0.05, 0) is 33.8 Å². The van der Waals surface area contributed by atoms with Crippen LogP contribution in [-0.2, 0) is 15.9 Å². The lowest BCUT2D eigenvalue weighted by molar-refractivity contribution is 0.00578. The first-order valence-corrected chi connectivity index (χ1v) is 7.38. The zero-order valence-corrected chi connectivity index (χ0v) is 13.6. The highest BCUT2D eigenvalue weighted by Gasteiger charge is 2.53. The van der Waals surface area contributed by atoms with Gasteiger partial charge in [-0.15, -0.1) is 0 Å². The van der Waals surface area contributed by atoms with Crippen molar-refractivity contribution in [1.29, 1.82) is 5.26 Å². The summed E-state index contributed by atoms with van der Waals surface area (Å²) in [5.41, 5.74) is -0.550. The fraction of sp³-hybridized carbons (Fsp3) is 0.467. The number of halogens is 1. The number of nitriles is 1. The van der Waals surface area contributed by atoms with Gasteiger partial charge in [0, 0.05) is 18.5 Å². The minimum Gasteiger partial charge on any atom is -0.398 e. The highest BCUT2D eigenvalue weighted by Crippen LogP contribution is 2.39. The Morgan fingerprint density at radius 1 is 1.35 bits per heavy atom. The number of imidazole rings is 1. The van der Waals surface area contributed by atoms with Gasteiger partial charge in [0.1, 0.15) is 17.9 Å². The molecule has 0 radical (unpaired) electrons. The summed E-state index contributed by atoms with van der Waals surface area (Å²) in [5.74, 6) is 0. The van der Waals surface area contributed by atoms with Gasteiger partial charge in [-0.1, -0.05) is 0 Å². The molecular formula is C15H18BFN4O2. The van der Waals surface area contributed by atoms with Crippen molar-refractivity contribution < 1.29 is 13.7 Å². The quantitative estimate of drug-likeness (QED) is 0.817. The van der Waals surface area contributed by atoms with Gasteiger partial charge >= 0.3 is 7.12 Å². The van der Waals surface area contributed by atoms with Crippen LogP contribution in [0.15, 0.2) is 24.2 Å². The van der Waals surface area contributed by atoms with E-state index in [2.05, 4.69) is 11.2 Å². The zero-order chi connectivity index (χ0) is 16.8. The minimum atomic E-state index is -1.04. The Hall–Kier alpha value is -2.11. The van der Waals surface area contributed by atoms with Crippen LogP contribution in [-0.4, -0.2) is 32.5 Å². The first kappa shape index (κ1) is 15.8. The maximum absolute atomic E-state index is 14.5. The Kier molecular flexibility index (Phi) is 3.58. The molecule has 0 amide bonds. The fourth-order valence-corrected chi connectivity index (χ4v) is 2.39. The third-order valence-corrected chi connectivity index (χ3v) is 4.42. The topological polar surface area (TPSA) is 64.5 Å². The molecule has 3 heterocycles. The molecule has 3 rings (SSSR count). The summed E-state index contributed by atoms with van der Waals surface area (Å²) in [4.78, 5) is 0. The number of nitrogens with zero attached hydrogens (tertiary/aromatic N) is 4. The van der Waals surface area contributed by atoms with Crippen LogP contribution in [0.1, 0.15) is 33.4 Å². The number of hydrogen-bond acceptors (Lipinski definition) is 4. The summed E-state index contributed by atoms with van der Waals surface area (Å²) in [5, 5.41) is 13.0. The molecular weight excluding hydrogens is 298 g/mol. The monoisotopic (exact) mass is 316 g/mol. The van der Waals surface area contributed by atoms with E-state index in [0.29, 0.717) is 5.69 Å². The normalized spacial score (nSPS) is 20.2. The Morgan fingerprint density at radius 2 is 2.00 bits per heavy atom. The second-order valence-electron chi connectivity index (χ2n) is 6.57. The van der Waals surface area contributed by atoms with Crippen molar-refractivity contribution in [1.82, 2.24) is 14.2 Å². The van der Waals surface area contributed by atoms with E-state index >= 15 is 0 Å². The van der Waals surface area contributed by atoms with Gasteiger partial charge < -0.3 is 13.9 Å². The van der Waals surface area contributed by atoms with Crippen LogP contribution in [0, 0.1) is 11.3 Å². The average Bonchev–Trinajstić information content (AvgIpc) is 3.04. The van der Waals surface area contributed by atoms with Crippen molar-refractivity contribution >= 4 is 18.8 Å². The molecule has 6 nitrogen and oxygen atoms in total. The van der Waals surface area contributed by atoms with Gasteiger partial charge in [0.2, 0.25) is 0 Å². The molecule has 8 heteroatoms. The van der Waals surface area contributed by atoms with E-state index in [4.69, 9.17) is 14.6 Å². The molecule has 1 aliphatic heterocycles. The van der Waals surface area contributed by atoms with Crippen LogP contribution >= 0.6 is 0 Å². The maximum Gasteiger partial charge on any atom is 0.525 e. The Bertz CT molecular complexity index is 799. The molecule has 0 bridgehead atoms. The molecule has 0 saturated carbocycles. The van der Waals surface area contributed by atoms with Crippen LogP contribution in [0.2, 0.25) is 0 Å². The summed E-state index contributed by atoms with van der Waals surface area (Å²) in [6.45, 7) is 7.70. The van der Waals surface area contributed by atoms with E-state index in [1.165, 1.54) is 6.08 Å². The smallest absolute Gasteiger partial charge is 0.398 e. The van der Waals surface area contributed by atoms with E-state index in [9.17, 15) is 4.39 Å². The zero-order valence-electron chi connectivity index (χ0n) is 13.6. The van der Waals surface area contributed by atoms with Crippen LogP contribution in [0.25, 0.3) is 11.7 Å². The van der Waals surface area contributed by atoms with Crippen LogP contribution in [0.3, 0.4) is 0 Å². The van der Waals surface area contributed by atoms with E-state index in [0.717, 1.165) is 5.65 Å². The van der Waals surface area contributed by atoms with Gasteiger partial charge in [0.25, 0.3) is 0 Å². The van der Waals surface area contributed by atoms with E-state index in [-0.39, 0.29) is 6.54 Å². The number of rotatable bonds is 3. The molecule has 2 aromatic rings. The molecule has 1 aliphatic rings. The number of aromatic nitrogens is 3. The summed E-state index contributed by atoms with van der Waals surface area (Å²) in [6.07, 6.45) is 4.77. The van der Waals surface area contributed by atoms with E-state index in [1.807, 2.05) is 27.7 Å². The number of hydrogen-bond donors (Lipinski definition) is 0. The van der Waals surface area contributed by atoms with Crippen LogP contribution < -0.4 is 0 Å². The van der Waals surface area contributed by atoms with Gasteiger partial charge in [0.15, 0.2) is 0 Å². The Balaban J connectivity index is 1.86. The highest BCUT2D eigenvalue weighted by molar-refractivity contribution is 6.54. The minimum absolute atomic E-state index is 0.213. The fourth-order valence-electron chi connectivity index (χ4n) is 2.39. The predicted molar refractivity (Wildman–Crippen MR) is 84.0 cm³/mol. The molecule has 1 fully saturated rings. The second-order valence-corrected chi connectivity index (χ2v) is 6.57. The maximum atomic E-state index is 14.5. The van der Waals surface area contributed by atoms with Crippen molar-refractivity contribution in [3.8, 4) is 6.07 Å². The molecule has 0 aromatic carbocycles. The summed E-state index contributed by atoms with van der Waals surface area (Å²) in [6, 6.07) is 3.78. The SMILES string of the molecule is CC1(C)OB(C(F)=Cc2cc3n(CC#N)ccn3n2)OC1(C)C. The summed E-state index contributed by atoms with van der Waals surface area (Å²) < 4.78 is 29.1. The molecule has 0 aliphatic carbocycles. The third kappa shape index (κ3) is 2.66. The van der Waals surface area contributed by atoms with E-state index < -0.39 is 24.0 Å². The first-order valence-electron chi connectivity index (χ1n) is 7.38. The Morgan fingerprint density at radius 3 is 2.61 bits per heavy atom.